The van der Waals surface area contributed by atoms with Gasteiger partial charge in [0, 0.05) is 17.4 Å². The number of aromatic nitrogens is 1. The predicted octanol–water partition coefficient (Wildman–Crippen LogP) is 3.69. The third-order valence-electron chi connectivity index (χ3n) is 4.34. The molecule has 2 atom stereocenters. The molecule has 2 aromatic rings. The second-order valence-electron chi connectivity index (χ2n) is 5.86. The van der Waals surface area contributed by atoms with Gasteiger partial charge in [0.15, 0.2) is 0 Å². The molecule has 2 heteroatoms. The first kappa shape index (κ1) is 13.3. The Morgan fingerprint density at radius 1 is 1.20 bits per heavy atom. The molecule has 2 unspecified atom stereocenters. The third-order valence-corrected chi connectivity index (χ3v) is 4.34. The summed E-state index contributed by atoms with van der Waals surface area (Å²) >= 11 is 0. The molecule has 1 aliphatic carbocycles. The van der Waals surface area contributed by atoms with E-state index in [4.69, 9.17) is 0 Å². The van der Waals surface area contributed by atoms with Gasteiger partial charge < -0.3 is 5.32 Å². The van der Waals surface area contributed by atoms with Gasteiger partial charge in [0.25, 0.3) is 0 Å². The molecule has 0 aliphatic heterocycles. The van der Waals surface area contributed by atoms with Crippen molar-refractivity contribution in [2.45, 2.75) is 38.6 Å². The summed E-state index contributed by atoms with van der Waals surface area (Å²) in [5, 5.41) is 3.47. The lowest BCUT2D eigenvalue weighted by molar-refractivity contribution is 0.452. The van der Waals surface area contributed by atoms with Crippen LogP contribution < -0.4 is 5.32 Å². The number of benzene rings is 1. The lowest BCUT2D eigenvalue weighted by Crippen LogP contribution is -2.25. The number of nitrogens with one attached hydrogen (secondary N) is 1. The van der Waals surface area contributed by atoms with E-state index in [0.717, 1.165) is 17.8 Å². The summed E-state index contributed by atoms with van der Waals surface area (Å²) in [5.41, 5.74) is 6.63. The SMILES string of the molecule is CNC(CC1Cc2ccccc21)c1cc(C)nc(C)c1. The minimum absolute atomic E-state index is 0.411. The quantitative estimate of drug-likeness (QED) is 0.913. The number of rotatable bonds is 4. The molecule has 1 aromatic carbocycles. The van der Waals surface area contributed by atoms with Crippen molar-refractivity contribution < 1.29 is 0 Å². The van der Waals surface area contributed by atoms with E-state index in [9.17, 15) is 0 Å². The Morgan fingerprint density at radius 3 is 2.55 bits per heavy atom. The standard InChI is InChI=1S/C18H22N2/c1-12-8-16(9-13(2)20-12)18(19-3)11-15-10-14-6-4-5-7-17(14)15/h4-9,15,18-19H,10-11H2,1-3H3. The zero-order chi connectivity index (χ0) is 14.1. The largest absolute Gasteiger partial charge is 0.313 e. The average Bonchev–Trinajstić information content (AvgIpc) is 2.39. The van der Waals surface area contributed by atoms with E-state index in [-0.39, 0.29) is 0 Å². The molecule has 0 saturated carbocycles. The van der Waals surface area contributed by atoms with E-state index < -0.39 is 0 Å². The number of nitrogens with zero attached hydrogens (tertiary/aromatic N) is 1. The Bertz CT molecular complexity index is 598. The van der Waals surface area contributed by atoms with Crippen LogP contribution in [0.15, 0.2) is 36.4 Å². The number of hydrogen-bond acceptors (Lipinski definition) is 2. The van der Waals surface area contributed by atoms with Gasteiger partial charge in [-0.2, -0.15) is 0 Å². The molecule has 1 aliphatic rings. The van der Waals surface area contributed by atoms with Crippen LogP contribution in [0.1, 0.15) is 46.5 Å². The van der Waals surface area contributed by atoms with Gasteiger partial charge in [-0.15, -0.1) is 0 Å². The van der Waals surface area contributed by atoms with Crippen molar-refractivity contribution in [2.75, 3.05) is 7.05 Å². The summed E-state index contributed by atoms with van der Waals surface area (Å²) in [6, 6.07) is 13.6. The highest BCUT2D eigenvalue weighted by Gasteiger charge is 2.28. The fourth-order valence-corrected chi connectivity index (χ4v) is 3.35. The van der Waals surface area contributed by atoms with Gasteiger partial charge >= 0.3 is 0 Å². The predicted molar refractivity (Wildman–Crippen MR) is 83.0 cm³/mol. The van der Waals surface area contributed by atoms with Crippen molar-refractivity contribution in [3.05, 3.63) is 64.5 Å². The van der Waals surface area contributed by atoms with E-state index in [1.54, 1.807) is 0 Å². The molecule has 20 heavy (non-hydrogen) atoms. The van der Waals surface area contributed by atoms with Crippen molar-refractivity contribution in [1.29, 1.82) is 0 Å². The van der Waals surface area contributed by atoms with Gasteiger partial charge in [-0.05, 0) is 68.5 Å². The van der Waals surface area contributed by atoms with Crippen molar-refractivity contribution in [3.63, 3.8) is 0 Å². The maximum absolute atomic E-state index is 4.47. The molecule has 1 aromatic heterocycles. The van der Waals surface area contributed by atoms with Gasteiger partial charge in [-0.25, -0.2) is 0 Å². The first-order valence-electron chi connectivity index (χ1n) is 7.37. The molecule has 0 radical (unpaired) electrons. The number of pyridine rings is 1. The fourth-order valence-electron chi connectivity index (χ4n) is 3.35. The Hall–Kier alpha value is -1.67. The summed E-state index contributed by atoms with van der Waals surface area (Å²) in [6.07, 6.45) is 2.38. The topological polar surface area (TPSA) is 24.9 Å². The lowest BCUT2D eigenvalue weighted by atomic mass is 9.74. The van der Waals surface area contributed by atoms with E-state index in [1.807, 2.05) is 0 Å². The molecular weight excluding hydrogens is 244 g/mol. The van der Waals surface area contributed by atoms with Gasteiger partial charge in [0.2, 0.25) is 0 Å². The van der Waals surface area contributed by atoms with Gasteiger partial charge in [0.05, 0.1) is 0 Å². The van der Waals surface area contributed by atoms with Gasteiger partial charge in [0.1, 0.15) is 0 Å². The summed E-state index contributed by atoms with van der Waals surface area (Å²) in [7, 11) is 2.06. The maximum Gasteiger partial charge on any atom is 0.0379 e. The van der Waals surface area contributed by atoms with Crippen LogP contribution in [0.25, 0.3) is 0 Å². The molecule has 1 heterocycles. The second kappa shape index (κ2) is 5.37. The minimum Gasteiger partial charge on any atom is -0.313 e. The van der Waals surface area contributed by atoms with Crippen molar-refractivity contribution in [1.82, 2.24) is 10.3 Å². The number of hydrogen-bond donors (Lipinski definition) is 1. The Kier molecular flexibility index (Phi) is 3.58. The van der Waals surface area contributed by atoms with E-state index >= 15 is 0 Å². The lowest BCUT2D eigenvalue weighted by Gasteiger charge is -2.33. The molecule has 0 fully saturated rings. The Labute approximate surface area is 121 Å². The summed E-state index contributed by atoms with van der Waals surface area (Å²) < 4.78 is 0. The Balaban J connectivity index is 1.79. The van der Waals surface area contributed by atoms with E-state index in [1.165, 1.54) is 23.1 Å². The van der Waals surface area contributed by atoms with Crippen LogP contribution in [0.2, 0.25) is 0 Å². The van der Waals surface area contributed by atoms with Crippen LogP contribution in [0, 0.1) is 13.8 Å². The van der Waals surface area contributed by atoms with Crippen molar-refractivity contribution >= 4 is 0 Å². The summed E-state index contributed by atoms with van der Waals surface area (Å²) in [6.45, 7) is 4.14. The van der Waals surface area contributed by atoms with Crippen LogP contribution in [0.4, 0.5) is 0 Å². The van der Waals surface area contributed by atoms with Crippen LogP contribution in [0.5, 0.6) is 0 Å². The average molecular weight is 266 g/mol. The van der Waals surface area contributed by atoms with Crippen LogP contribution >= 0.6 is 0 Å². The first-order valence-corrected chi connectivity index (χ1v) is 7.37. The smallest absolute Gasteiger partial charge is 0.0379 e. The molecular formula is C18H22N2. The van der Waals surface area contributed by atoms with Crippen LogP contribution in [-0.2, 0) is 6.42 Å². The molecule has 0 saturated heterocycles. The highest BCUT2D eigenvalue weighted by molar-refractivity contribution is 5.40. The maximum atomic E-state index is 4.47. The molecule has 0 amide bonds. The van der Waals surface area contributed by atoms with Crippen LogP contribution in [0.3, 0.4) is 0 Å². The highest BCUT2D eigenvalue weighted by Crippen LogP contribution is 2.40. The molecule has 104 valence electrons. The zero-order valence-corrected chi connectivity index (χ0v) is 12.5. The minimum atomic E-state index is 0.411. The zero-order valence-electron chi connectivity index (χ0n) is 12.5. The number of aryl methyl sites for hydroxylation is 2. The highest BCUT2D eigenvalue weighted by atomic mass is 14.9. The monoisotopic (exact) mass is 266 g/mol. The van der Waals surface area contributed by atoms with E-state index in [2.05, 4.69) is 67.6 Å². The normalized spacial score (nSPS) is 18.2. The number of fused-ring (bicyclic) bond motifs is 1. The van der Waals surface area contributed by atoms with E-state index in [0.29, 0.717) is 12.0 Å². The van der Waals surface area contributed by atoms with Crippen molar-refractivity contribution in [3.8, 4) is 0 Å². The fraction of sp³-hybridized carbons (Fsp3) is 0.389. The molecule has 1 N–H and O–H groups in total. The van der Waals surface area contributed by atoms with Gasteiger partial charge in [-0.1, -0.05) is 24.3 Å². The summed E-state index contributed by atoms with van der Waals surface area (Å²) in [4.78, 5) is 4.47. The van der Waals surface area contributed by atoms with Crippen molar-refractivity contribution in [2.24, 2.45) is 0 Å². The molecule has 0 bridgehead atoms. The second-order valence-corrected chi connectivity index (χ2v) is 5.86. The Morgan fingerprint density at radius 2 is 1.90 bits per heavy atom. The third kappa shape index (κ3) is 2.48. The first-order chi connectivity index (χ1) is 9.67. The van der Waals surface area contributed by atoms with Gasteiger partial charge in [-0.3, -0.25) is 4.98 Å². The summed E-state index contributed by atoms with van der Waals surface area (Å²) in [5.74, 6) is 0.692. The van der Waals surface area contributed by atoms with Crippen LogP contribution in [-0.4, -0.2) is 12.0 Å². The molecule has 3 rings (SSSR count). The molecule has 2 nitrogen and oxygen atoms in total. The molecule has 0 spiro atoms.